The molecule has 0 fully saturated rings. The quantitative estimate of drug-likeness (QED) is 0.848. The highest BCUT2D eigenvalue weighted by molar-refractivity contribution is 7.89. The second kappa shape index (κ2) is 6.02. The van der Waals surface area contributed by atoms with Gasteiger partial charge in [0.15, 0.2) is 0 Å². The number of sulfonamides is 1. The zero-order valence-corrected chi connectivity index (χ0v) is 12.2. The maximum Gasteiger partial charge on any atom is 0.318 e. The zero-order valence-electron chi connectivity index (χ0n) is 11.4. The molecule has 0 bridgehead atoms. The molecule has 0 atom stereocenters. The number of anilines is 1. The molecule has 1 N–H and O–H groups in total. The summed E-state index contributed by atoms with van der Waals surface area (Å²) in [6.45, 7) is 0.780. The minimum atomic E-state index is -3.85. The highest BCUT2D eigenvalue weighted by Crippen LogP contribution is 2.19. The number of nitrogens with zero attached hydrogens (tertiary/aromatic N) is 2. The molecule has 0 aliphatic heterocycles. The molecule has 0 radical (unpaired) electrons. The van der Waals surface area contributed by atoms with Crippen LogP contribution in [0.4, 0.5) is 5.69 Å². The van der Waals surface area contributed by atoms with Crippen LogP contribution in [-0.2, 0) is 19.6 Å². The lowest BCUT2D eigenvalue weighted by Crippen LogP contribution is -2.32. The summed E-state index contributed by atoms with van der Waals surface area (Å²) in [5.74, 6) is -1.41. The number of carboxylic acids is 1. The lowest BCUT2D eigenvalue weighted by Gasteiger charge is -2.17. The first-order chi connectivity index (χ1) is 9.16. The maximum absolute atomic E-state index is 12.1. The van der Waals surface area contributed by atoms with Crippen molar-refractivity contribution in [3.63, 3.8) is 0 Å². The van der Waals surface area contributed by atoms with E-state index < -0.39 is 22.5 Å². The Kier molecular flexibility index (Phi) is 4.85. The molecule has 0 heterocycles. The Morgan fingerprint density at radius 3 is 2.05 bits per heavy atom. The number of amides is 1. The molecule has 0 aliphatic carbocycles. The predicted molar refractivity (Wildman–Crippen MR) is 73.0 cm³/mol. The van der Waals surface area contributed by atoms with E-state index in [9.17, 15) is 18.0 Å². The third kappa shape index (κ3) is 3.55. The van der Waals surface area contributed by atoms with Crippen molar-refractivity contribution in [3.8, 4) is 0 Å². The van der Waals surface area contributed by atoms with Gasteiger partial charge in [-0.05, 0) is 24.3 Å². The lowest BCUT2D eigenvalue weighted by atomic mass is 10.3. The molecule has 7 nitrogen and oxygen atoms in total. The molecular formula is C12H16N2O5S. The number of hydrogen-bond acceptors (Lipinski definition) is 4. The highest BCUT2D eigenvalue weighted by Gasteiger charge is 2.22. The summed E-state index contributed by atoms with van der Waals surface area (Å²) in [6, 6.07) is 5.65. The zero-order chi connectivity index (χ0) is 15.5. The van der Waals surface area contributed by atoms with Gasteiger partial charge in [-0.25, -0.2) is 8.42 Å². The van der Waals surface area contributed by atoms with E-state index in [4.69, 9.17) is 5.11 Å². The molecule has 1 aromatic carbocycles. The number of carbonyl (C=O) groups excluding carboxylic acids is 1. The molecule has 110 valence electrons. The first-order valence-electron chi connectivity index (χ1n) is 5.68. The van der Waals surface area contributed by atoms with E-state index >= 15 is 0 Å². The van der Waals surface area contributed by atoms with Crippen molar-refractivity contribution in [2.75, 3.05) is 25.5 Å². The van der Waals surface area contributed by atoms with Crippen LogP contribution in [0.25, 0.3) is 0 Å². The van der Waals surface area contributed by atoms with Gasteiger partial charge >= 0.3 is 5.97 Å². The topological polar surface area (TPSA) is 95.0 Å². The summed E-state index contributed by atoms with van der Waals surface area (Å²) < 4.78 is 24.9. The average molecular weight is 300 g/mol. The number of rotatable bonds is 5. The Labute approximate surface area is 117 Å². The SMILES string of the molecule is CC(=O)N(C)c1ccc(S(=O)(=O)N(C)CC(=O)O)cc1. The van der Waals surface area contributed by atoms with Crippen molar-refractivity contribution < 1.29 is 23.1 Å². The maximum atomic E-state index is 12.1. The summed E-state index contributed by atoms with van der Waals surface area (Å²) in [7, 11) is -1.08. The summed E-state index contributed by atoms with van der Waals surface area (Å²) in [5.41, 5.74) is 0.553. The molecule has 1 amide bonds. The first-order valence-corrected chi connectivity index (χ1v) is 7.12. The van der Waals surface area contributed by atoms with E-state index in [1.54, 1.807) is 7.05 Å². The van der Waals surface area contributed by atoms with Gasteiger partial charge in [0.25, 0.3) is 0 Å². The molecule has 1 aromatic rings. The lowest BCUT2D eigenvalue weighted by molar-refractivity contribution is -0.137. The number of hydrogen-bond donors (Lipinski definition) is 1. The number of likely N-dealkylation sites (N-methyl/N-ethyl adjacent to an activating group) is 1. The van der Waals surface area contributed by atoms with Crippen LogP contribution in [0.15, 0.2) is 29.2 Å². The van der Waals surface area contributed by atoms with Crippen LogP contribution in [-0.4, -0.2) is 50.3 Å². The Balaban J connectivity index is 3.04. The van der Waals surface area contributed by atoms with Gasteiger partial charge in [0.1, 0.15) is 6.54 Å². The third-order valence-corrected chi connectivity index (χ3v) is 4.58. The van der Waals surface area contributed by atoms with Gasteiger partial charge in [0.05, 0.1) is 4.90 Å². The summed E-state index contributed by atoms with van der Waals surface area (Å²) in [5, 5.41) is 8.62. The number of carbonyl (C=O) groups is 2. The molecule has 1 rings (SSSR count). The van der Waals surface area contributed by atoms with Crippen LogP contribution < -0.4 is 4.90 Å². The highest BCUT2D eigenvalue weighted by atomic mass is 32.2. The largest absolute Gasteiger partial charge is 0.480 e. The van der Waals surface area contributed by atoms with Gasteiger partial charge in [-0.2, -0.15) is 4.31 Å². The van der Waals surface area contributed by atoms with Crippen molar-refractivity contribution >= 4 is 27.6 Å². The molecule has 8 heteroatoms. The molecule has 0 saturated heterocycles. The molecule has 0 aromatic heterocycles. The molecule has 0 aliphatic rings. The van der Waals surface area contributed by atoms with Crippen molar-refractivity contribution in [1.82, 2.24) is 4.31 Å². The smallest absolute Gasteiger partial charge is 0.318 e. The molecular weight excluding hydrogens is 284 g/mol. The third-order valence-electron chi connectivity index (χ3n) is 2.76. The van der Waals surface area contributed by atoms with Gasteiger partial charge in [0.2, 0.25) is 15.9 Å². The van der Waals surface area contributed by atoms with E-state index in [-0.39, 0.29) is 10.8 Å². The standard InChI is InChI=1S/C12H16N2O5S/c1-9(15)14(3)10-4-6-11(7-5-10)20(18,19)13(2)8-12(16)17/h4-7H,8H2,1-3H3,(H,16,17). The number of carboxylic acid groups (broad SMARTS) is 1. The molecule has 0 unspecified atom stereocenters. The van der Waals surface area contributed by atoms with E-state index in [1.807, 2.05) is 0 Å². The van der Waals surface area contributed by atoms with Gasteiger partial charge in [-0.3, -0.25) is 9.59 Å². The number of aliphatic carboxylic acids is 1. The van der Waals surface area contributed by atoms with Gasteiger partial charge in [-0.15, -0.1) is 0 Å². The van der Waals surface area contributed by atoms with E-state index in [0.717, 1.165) is 4.31 Å². The molecule has 20 heavy (non-hydrogen) atoms. The van der Waals surface area contributed by atoms with E-state index in [2.05, 4.69) is 0 Å². The Morgan fingerprint density at radius 2 is 1.65 bits per heavy atom. The van der Waals surface area contributed by atoms with E-state index in [0.29, 0.717) is 5.69 Å². The van der Waals surface area contributed by atoms with Crippen molar-refractivity contribution in [2.24, 2.45) is 0 Å². The van der Waals surface area contributed by atoms with Crippen molar-refractivity contribution in [1.29, 1.82) is 0 Å². The number of benzene rings is 1. The normalized spacial score (nSPS) is 11.4. The molecule has 0 saturated carbocycles. The van der Waals surface area contributed by atoms with Gasteiger partial charge in [0, 0.05) is 26.7 Å². The Hall–Kier alpha value is -1.93. The summed E-state index contributed by atoms with van der Waals surface area (Å²) in [4.78, 5) is 23.1. The summed E-state index contributed by atoms with van der Waals surface area (Å²) >= 11 is 0. The fourth-order valence-corrected chi connectivity index (χ4v) is 2.60. The second-order valence-electron chi connectivity index (χ2n) is 4.23. The van der Waals surface area contributed by atoms with E-state index in [1.165, 1.54) is 43.1 Å². The Bertz CT molecular complexity index is 609. The average Bonchev–Trinajstić information content (AvgIpc) is 2.37. The van der Waals surface area contributed by atoms with Crippen LogP contribution in [0, 0.1) is 0 Å². The van der Waals surface area contributed by atoms with Gasteiger partial charge in [-0.1, -0.05) is 0 Å². The predicted octanol–water partition coefficient (Wildman–Crippen LogP) is 0.374. The van der Waals surface area contributed by atoms with Crippen LogP contribution in [0.5, 0.6) is 0 Å². The Morgan fingerprint density at radius 1 is 1.15 bits per heavy atom. The first kappa shape index (κ1) is 16.1. The van der Waals surface area contributed by atoms with Crippen molar-refractivity contribution in [3.05, 3.63) is 24.3 Å². The van der Waals surface area contributed by atoms with Crippen LogP contribution in [0.2, 0.25) is 0 Å². The summed E-state index contributed by atoms with van der Waals surface area (Å²) in [6.07, 6.45) is 0. The van der Waals surface area contributed by atoms with Crippen LogP contribution in [0.1, 0.15) is 6.92 Å². The fourth-order valence-electron chi connectivity index (χ4n) is 1.48. The van der Waals surface area contributed by atoms with Crippen LogP contribution >= 0.6 is 0 Å². The fraction of sp³-hybridized carbons (Fsp3) is 0.333. The van der Waals surface area contributed by atoms with Crippen LogP contribution in [0.3, 0.4) is 0 Å². The minimum Gasteiger partial charge on any atom is -0.480 e. The molecule has 0 spiro atoms. The monoisotopic (exact) mass is 300 g/mol. The minimum absolute atomic E-state index is 0.0260. The van der Waals surface area contributed by atoms with Crippen molar-refractivity contribution in [2.45, 2.75) is 11.8 Å². The van der Waals surface area contributed by atoms with Gasteiger partial charge < -0.3 is 10.0 Å². The second-order valence-corrected chi connectivity index (χ2v) is 6.27.